The van der Waals surface area contributed by atoms with Gasteiger partial charge in [0.25, 0.3) is 12.4 Å². The number of aryl methyl sites for hydroxylation is 1. The van der Waals surface area contributed by atoms with Crippen LogP contribution in [-0.4, -0.2) is 55.2 Å². The molecule has 2 heterocycles. The molecule has 0 unspecified atom stereocenters. The van der Waals surface area contributed by atoms with E-state index < -0.39 is 18.1 Å². The van der Waals surface area contributed by atoms with Crippen LogP contribution in [0, 0.1) is 5.92 Å². The van der Waals surface area contributed by atoms with E-state index in [-0.39, 0.29) is 24.0 Å². The minimum Gasteiger partial charge on any atom is -0.483 e. The first-order valence-electron chi connectivity index (χ1n) is 8.94. The largest absolute Gasteiger partial charge is 0.483 e. The second-order valence-electron chi connectivity index (χ2n) is 6.41. The van der Waals surface area contributed by atoms with Gasteiger partial charge < -0.3 is 31.1 Å². The number of hydrogen-bond acceptors (Lipinski definition) is 8. The number of aliphatic hydroxyl groups excluding tert-OH is 1. The van der Waals surface area contributed by atoms with Crippen molar-refractivity contribution in [2.24, 2.45) is 5.92 Å². The smallest absolute Gasteiger partial charge is 0.290 e. The van der Waals surface area contributed by atoms with Crippen LogP contribution in [0.4, 0.5) is 5.13 Å². The molecule has 0 spiro atoms. The summed E-state index contributed by atoms with van der Waals surface area (Å²) in [6.07, 6.45) is 3.51. The van der Waals surface area contributed by atoms with Crippen molar-refractivity contribution >= 4 is 34.8 Å². The number of carbonyl (C=O) groups excluding carboxylic acids is 2. The third-order valence-electron chi connectivity index (χ3n) is 4.47. The van der Waals surface area contributed by atoms with E-state index in [9.17, 15) is 14.7 Å². The Bertz CT molecular complexity index is 838. The zero-order chi connectivity index (χ0) is 21.4. The van der Waals surface area contributed by atoms with Gasteiger partial charge in [0.05, 0.1) is 30.7 Å². The molecule has 3 rings (SSSR count). The van der Waals surface area contributed by atoms with Gasteiger partial charge >= 0.3 is 0 Å². The van der Waals surface area contributed by atoms with Crippen LogP contribution in [0.2, 0.25) is 0 Å². The molecule has 0 bridgehead atoms. The molecule has 2 aromatic rings. The SMILES string of the molecule is CCn1cnc(CNC(=O)[C@@H]2C[C@@H](O)[C@H](NC(=O)c3csc(N)n3)C2)c1.O=CO. The van der Waals surface area contributed by atoms with Crippen LogP contribution in [0.3, 0.4) is 0 Å². The normalized spacial score (nSPS) is 20.4. The molecule has 0 aliphatic heterocycles. The summed E-state index contributed by atoms with van der Waals surface area (Å²) in [5, 5.41) is 24.5. The molecule has 3 atom stereocenters. The number of thiazole rings is 1. The third kappa shape index (κ3) is 6.26. The monoisotopic (exact) mass is 424 g/mol. The Morgan fingerprint density at radius 3 is 2.76 bits per heavy atom. The maximum atomic E-state index is 12.3. The van der Waals surface area contributed by atoms with E-state index >= 15 is 0 Å². The molecule has 0 saturated heterocycles. The summed E-state index contributed by atoms with van der Waals surface area (Å²) in [6, 6.07) is -0.486. The Kier molecular flexibility index (Phi) is 8.09. The lowest BCUT2D eigenvalue weighted by Gasteiger charge is -2.15. The minimum atomic E-state index is -0.773. The number of carbonyl (C=O) groups is 3. The molecule has 1 aliphatic rings. The van der Waals surface area contributed by atoms with Crippen LogP contribution >= 0.6 is 11.3 Å². The maximum absolute atomic E-state index is 12.3. The first-order valence-corrected chi connectivity index (χ1v) is 9.82. The molecule has 158 valence electrons. The summed E-state index contributed by atoms with van der Waals surface area (Å²) in [5.41, 5.74) is 6.53. The molecule has 0 aromatic carbocycles. The molecule has 2 aromatic heterocycles. The van der Waals surface area contributed by atoms with Crippen molar-refractivity contribution in [3.05, 3.63) is 29.3 Å². The summed E-state index contributed by atoms with van der Waals surface area (Å²) >= 11 is 1.18. The molecule has 1 saturated carbocycles. The van der Waals surface area contributed by atoms with Crippen molar-refractivity contribution in [1.82, 2.24) is 25.2 Å². The van der Waals surface area contributed by atoms with E-state index in [4.69, 9.17) is 15.6 Å². The quantitative estimate of drug-likeness (QED) is 0.397. The molecule has 12 heteroatoms. The van der Waals surface area contributed by atoms with Gasteiger partial charge in [0.2, 0.25) is 5.91 Å². The van der Waals surface area contributed by atoms with Crippen LogP contribution < -0.4 is 16.4 Å². The van der Waals surface area contributed by atoms with Crippen LogP contribution in [0.1, 0.15) is 35.9 Å². The standard InChI is InChI=1S/C16H22N6O3S.CH2O2/c1-2-22-6-10(19-8-22)5-18-14(24)9-3-11(13(23)4-9)20-15(25)12-7-26-16(17)21-12;2-1-3/h6-9,11,13,23H,2-5H2,1H3,(H2,17,21)(H,18,24)(H,20,25);1H,(H,2,3)/t9-,11+,13+;/m0./s1. The Hall–Kier alpha value is -2.99. The highest BCUT2D eigenvalue weighted by atomic mass is 32.1. The summed E-state index contributed by atoms with van der Waals surface area (Å²) < 4.78 is 1.93. The summed E-state index contributed by atoms with van der Waals surface area (Å²) in [6.45, 7) is 2.92. The lowest BCUT2D eigenvalue weighted by Crippen LogP contribution is -2.40. The van der Waals surface area contributed by atoms with E-state index in [0.717, 1.165) is 12.2 Å². The number of amides is 2. The summed E-state index contributed by atoms with van der Waals surface area (Å²) in [5.74, 6) is -0.901. The zero-order valence-electron chi connectivity index (χ0n) is 15.8. The summed E-state index contributed by atoms with van der Waals surface area (Å²) in [4.78, 5) is 41.0. The van der Waals surface area contributed by atoms with Gasteiger partial charge in [-0.2, -0.15) is 0 Å². The average Bonchev–Trinajstić information content (AvgIpc) is 3.41. The number of nitrogens with two attached hydrogens (primary N) is 1. The van der Waals surface area contributed by atoms with E-state index in [2.05, 4.69) is 20.6 Å². The summed E-state index contributed by atoms with van der Waals surface area (Å²) in [7, 11) is 0. The molecule has 6 N–H and O–H groups in total. The van der Waals surface area contributed by atoms with Crippen molar-refractivity contribution < 1.29 is 24.6 Å². The number of nitrogens with one attached hydrogen (secondary N) is 2. The molecule has 11 nitrogen and oxygen atoms in total. The Labute approximate surface area is 171 Å². The van der Waals surface area contributed by atoms with E-state index in [1.54, 1.807) is 11.7 Å². The van der Waals surface area contributed by atoms with Crippen molar-refractivity contribution in [3.8, 4) is 0 Å². The van der Waals surface area contributed by atoms with Crippen LogP contribution in [0.15, 0.2) is 17.9 Å². The molecule has 2 amide bonds. The number of carboxylic acid groups (broad SMARTS) is 1. The fourth-order valence-electron chi connectivity index (χ4n) is 3.01. The van der Waals surface area contributed by atoms with Gasteiger partial charge in [-0.1, -0.05) is 0 Å². The van der Waals surface area contributed by atoms with Gasteiger partial charge in [0, 0.05) is 24.0 Å². The number of aromatic nitrogens is 3. The number of aliphatic hydroxyl groups is 1. The number of nitrogens with zero attached hydrogens (tertiary/aromatic N) is 3. The number of rotatable bonds is 6. The third-order valence-corrected chi connectivity index (χ3v) is 5.14. The molecule has 1 fully saturated rings. The van der Waals surface area contributed by atoms with Crippen LogP contribution in [0.25, 0.3) is 0 Å². The molecule has 29 heavy (non-hydrogen) atoms. The fraction of sp³-hybridized carbons (Fsp3) is 0.471. The molecular weight excluding hydrogens is 400 g/mol. The highest BCUT2D eigenvalue weighted by Crippen LogP contribution is 2.27. The number of anilines is 1. The number of imidazole rings is 1. The second kappa shape index (κ2) is 10.5. The zero-order valence-corrected chi connectivity index (χ0v) is 16.6. The Morgan fingerprint density at radius 2 is 2.17 bits per heavy atom. The van der Waals surface area contributed by atoms with Crippen LogP contribution in [-0.2, 0) is 22.7 Å². The van der Waals surface area contributed by atoms with Crippen molar-refractivity contribution in [1.29, 1.82) is 0 Å². The first-order chi connectivity index (χ1) is 13.9. The number of nitrogen functional groups attached to an aromatic ring is 1. The van der Waals surface area contributed by atoms with Gasteiger partial charge in [-0.15, -0.1) is 11.3 Å². The lowest BCUT2D eigenvalue weighted by molar-refractivity contribution is -0.125. The van der Waals surface area contributed by atoms with Gasteiger partial charge in [0.15, 0.2) is 5.13 Å². The highest BCUT2D eigenvalue weighted by Gasteiger charge is 2.38. The van der Waals surface area contributed by atoms with Gasteiger partial charge in [-0.25, -0.2) is 9.97 Å². The highest BCUT2D eigenvalue weighted by molar-refractivity contribution is 7.13. The molecule has 0 radical (unpaired) electrons. The predicted octanol–water partition coefficient (Wildman–Crippen LogP) is -0.172. The maximum Gasteiger partial charge on any atom is 0.290 e. The van der Waals surface area contributed by atoms with Crippen LogP contribution in [0.5, 0.6) is 0 Å². The molecule has 1 aliphatic carbocycles. The number of hydrogen-bond donors (Lipinski definition) is 5. The topological polar surface area (TPSA) is 172 Å². The van der Waals surface area contributed by atoms with Crippen molar-refractivity contribution in [3.63, 3.8) is 0 Å². The second-order valence-corrected chi connectivity index (χ2v) is 7.29. The minimum absolute atomic E-state index is 0.148. The van der Waals surface area contributed by atoms with Gasteiger partial charge in [-0.3, -0.25) is 14.4 Å². The Morgan fingerprint density at radius 1 is 1.45 bits per heavy atom. The first kappa shape index (κ1) is 22.3. The lowest BCUT2D eigenvalue weighted by atomic mass is 10.1. The van der Waals surface area contributed by atoms with E-state index in [1.807, 2.05) is 17.7 Å². The predicted molar refractivity (Wildman–Crippen MR) is 105 cm³/mol. The van der Waals surface area contributed by atoms with Gasteiger partial charge in [0.1, 0.15) is 5.69 Å². The van der Waals surface area contributed by atoms with Crippen molar-refractivity contribution in [2.75, 3.05) is 5.73 Å². The fourth-order valence-corrected chi connectivity index (χ4v) is 3.55. The van der Waals surface area contributed by atoms with Crippen molar-refractivity contribution in [2.45, 2.75) is 45.0 Å². The van der Waals surface area contributed by atoms with Gasteiger partial charge in [-0.05, 0) is 19.8 Å². The molecular formula is C17H24N6O5S. The Balaban J connectivity index is 0.000000941. The average molecular weight is 424 g/mol. The van der Waals surface area contributed by atoms with E-state index in [1.165, 1.54) is 11.3 Å². The van der Waals surface area contributed by atoms with E-state index in [0.29, 0.717) is 24.5 Å².